The predicted octanol–water partition coefficient (Wildman–Crippen LogP) is 1.08. The predicted molar refractivity (Wildman–Crippen MR) is 89.0 cm³/mol. The number of benzene rings is 1. The number of halogens is 1. The maximum atomic E-state index is 11.8. The van der Waals surface area contributed by atoms with Gasteiger partial charge in [0.1, 0.15) is 5.75 Å². The molecule has 7 nitrogen and oxygen atoms in total. The van der Waals surface area contributed by atoms with Crippen molar-refractivity contribution in [3.05, 3.63) is 28.8 Å². The van der Waals surface area contributed by atoms with E-state index in [0.29, 0.717) is 16.3 Å². The molecule has 0 aliphatic heterocycles. The van der Waals surface area contributed by atoms with Gasteiger partial charge in [0, 0.05) is 16.6 Å². The molecule has 0 aromatic heterocycles. The van der Waals surface area contributed by atoms with Crippen LogP contribution in [0.15, 0.2) is 18.2 Å². The van der Waals surface area contributed by atoms with Crippen LogP contribution in [0.25, 0.3) is 0 Å². The van der Waals surface area contributed by atoms with Crippen molar-refractivity contribution in [1.29, 1.82) is 0 Å². The molecule has 0 saturated carbocycles. The first kappa shape index (κ1) is 19.8. The molecular formula is C16H21ClN2O5. The minimum absolute atomic E-state index is 0.0140. The maximum absolute atomic E-state index is 11.8. The Morgan fingerprint density at radius 3 is 2.54 bits per heavy atom. The molecule has 0 atom stereocenters. The lowest BCUT2D eigenvalue weighted by Crippen LogP contribution is -2.41. The molecule has 0 bridgehead atoms. The fraction of sp³-hybridized carbons (Fsp3) is 0.438. The van der Waals surface area contributed by atoms with Crippen LogP contribution in [0, 0.1) is 0 Å². The Kier molecular flexibility index (Phi) is 8.05. The molecule has 0 spiro atoms. The zero-order chi connectivity index (χ0) is 18.1. The van der Waals surface area contributed by atoms with Crippen LogP contribution in [-0.2, 0) is 25.5 Å². The van der Waals surface area contributed by atoms with Gasteiger partial charge < -0.3 is 20.1 Å². The molecule has 1 aromatic rings. The van der Waals surface area contributed by atoms with Crippen molar-refractivity contribution in [2.75, 3.05) is 20.3 Å². The van der Waals surface area contributed by atoms with Crippen LogP contribution < -0.4 is 15.4 Å². The zero-order valence-corrected chi connectivity index (χ0v) is 14.6. The summed E-state index contributed by atoms with van der Waals surface area (Å²) in [5.74, 6) is -0.961. The van der Waals surface area contributed by atoms with Crippen molar-refractivity contribution in [1.82, 2.24) is 10.6 Å². The molecule has 0 heterocycles. The van der Waals surface area contributed by atoms with E-state index >= 15 is 0 Å². The van der Waals surface area contributed by atoms with E-state index in [0.717, 1.165) is 0 Å². The monoisotopic (exact) mass is 356 g/mol. The number of rotatable bonds is 8. The molecule has 0 unspecified atom stereocenters. The third kappa shape index (κ3) is 7.32. The quantitative estimate of drug-likeness (QED) is 0.680. The minimum atomic E-state index is -0.600. The van der Waals surface area contributed by atoms with Crippen LogP contribution in [-0.4, -0.2) is 44.1 Å². The van der Waals surface area contributed by atoms with Crippen LogP contribution in [0.4, 0.5) is 0 Å². The van der Waals surface area contributed by atoms with Crippen molar-refractivity contribution in [3.8, 4) is 5.75 Å². The summed E-state index contributed by atoms with van der Waals surface area (Å²) in [5.41, 5.74) is 0.562. The largest absolute Gasteiger partial charge is 0.496 e. The highest BCUT2D eigenvalue weighted by Crippen LogP contribution is 2.23. The fourth-order valence-electron chi connectivity index (χ4n) is 1.84. The lowest BCUT2D eigenvalue weighted by Gasteiger charge is -2.10. The molecule has 2 amide bonds. The number of ether oxygens (including phenoxy) is 2. The molecule has 0 saturated heterocycles. The Labute approximate surface area is 145 Å². The summed E-state index contributed by atoms with van der Waals surface area (Å²) in [7, 11) is 1.48. The fourth-order valence-corrected chi connectivity index (χ4v) is 2.04. The Balaban J connectivity index is 2.40. The van der Waals surface area contributed by atoms with Gasteiger partial charge in [-0.1, -0.05) is 11.6 Å². The average molecular weight is 357 g/mol. The minimum Gasteiger partial charge on any atom is -0.496 e. The van der Waals surface area contributed by atoms with Crippen molar-refractivity contribution in [2.24, 2.45) is 0 Å². The summed E-state index contributed by atoms with van der Waals surface area (Å²) < 4.78 is 10.0. The number of carbonyl (C=O) groups excluding carboxylic acids is 3. The van der Waals surface area contributed by atoms with Crippen LogP contribution >= 0.6 is 11.6 Å². The van der Waals surface area contributed by atoms with E-state index in [1.807, 2.05) is 13.8 Å². The smallest absolute Gasteiger partial charge is 0.310 e. The van der Waals surface area contributed by atoms with E-state index in [1.165, 1.54) is 7.11 Å². The van der Waals surface area contributed by atoms with E-state index < -0.39 is 18.5 Å². The van der Waals surface area contributed by atoms with Gasteiger partial charge >= 0.3 is 5.97 Å². The van der Waals surface area contributed by atoms with Gasteiger partial charge in [0.15, 0.2) is 6.61 Å². The molecule has 0 aliphatic carbocycles. The molecule has 24 heavy (non-hydrogen) atoms. The number of hydrogen-bond acceptors (Lipinski definition) is 5. The molecule has 1 aromatic carbocycles. The average Bonchev–Trinajstić information content (AvgIpc) is 2.50. The van der Waals surface area contributed by atoms with Gasteiger partial charge in [0.05, 0.1) is 20.1 Å². The summed E-state index contributed by atoms with van der Waals surface area (Å²) in [6, 6.07) is 4.87. The standard InChI is InChI=1S/C16H21ClN2O5/c1-10(2)19-14(20)8-18-15(21)9-24-16(22)7-11-6-12(17)4-5-13(11)23-3/h4-6,10H,7-9H2,1-3H3,(H,18,21)(H,19,20). The summed E-state index contributed by atoms with van der Waals surface area (Å²) in [6.07, 6.45) is -0.0785. The highest BCUT2D eigenvalue weighted by Gasteiger charge is 2.13. The first-order valence-electron chi connectivity index (χ1n) is 7.36. The topological polar surface area (TPSA) is 93.7 Å². The van der Waals surface area contributed by atoms with Crippen LogP contribution in [0.2, 0.25) is 5.02 Å². The van der Waals surface area contributed by atoms with Crippen molar-refractivity contribution in [2.45, 2.75) is 26.3 Å². The third-order valence-electron chi connectivity index (χ3n) is 2.84. The van der Waals surface area contributed by atoms with E-state index in [-0.39, 0.29) is 24.9 Å². The summed E-state index contributed by atoms with van der Waals surface area (Å²) >= 11 is 5.88. The van der Waals surface area contributed by atoms with Crippen LogP contribution in [0.3, 0.4) is 0 Å². The van der Waals surface area contributed by atoms with Gasteiger partial charge in [-0.2, -0.15) is 0 Å². The molecule has 0 fully saturated rings. The Bertz CT molecular complexity index is 604. The highest BCUT2D eigenvalue weighted by atomic mass is 35.5. The summed E-state index contributed by atoms with van der Waals surface area (Å²) in [5, 5.41) is 5.46. The number of nitrogens with one attached hydrogen (secondary N) is 2. The van der Waals surface area contributed by atoms with Crippen molar-refractivity contribution >= 4 is 29.4 Å². The molecule has 2 N–H and O–H groups in total. The SMILES string of the molecule is COc1ccc(Cl)cc1CC(=O)OCC(=O)NCC(=O)NC(C)C. The van der Waals surface area contributed by atoms with Crippen molar-refractivity contribution < 1.29 is 23.9 Å². The first-order chi connectivity index (χ1) is 11.3. The maximum Gasteiger partial charge on any atom is 0.310 e. The van der Waals surface area contributed by atoms with Gasteiger partial charge in [-0.15, -0.1) is 0 Å². The Morgan fingerprint density at radius 2 is 1.92 bits per heavy atom. The second kappa shape index (κ2) is 9.77. The second-order valence-electron chi connectivity index (χ2n) is 5.29. The van der Waals surface area contributed by atoms with E-state index in [1.54, 1.807) is 18.2 Å². The van der Waals surface area contributed by atoms with Crippen molar-refractivity contribution in [3.63, 3.8) is 0 Å². The summed E-state index contributed by atoms with van der Waals surface area (Å²) in [4.78, 5) is 34.7. The summed E-state index contributed by atoms with van der Waals surface area (Å²) in [6.45, 7) is 2.99. The Hall–Kier alpha value is -2.28. The molecule has 0 aliphatic rings. The van der Waals surface area contributed by atoms with Gasteiger partial charge in [-0.3, -0.25) is 14.4 Å². The molecular weight excluding hydrogens is 336 g/mol. The molecule has 8 heteroatoms. The zero-order valence-electron chi connectivity index (χ0n) is 13.8. The van der Waals surface area contributed by atoms with Gasteiger partial charge in [0.2, 0.25) is 5.91 Å². The second-order valence-corrected chi connectivity index (χ2v) is 5.73. The van der Waals surface area contributed by atoms with Gasteiger partial charge in [-0.05, 0) is 32.0 Å². The van der Waals surface area contributed by atoms with Crippen LogP contribution in [0.5, 0.6) is 5.75 Å². The molecule has 1 rings (SSSR count). The lowest BCUT2D eigenvalue weighted by molar-refractivity contribution is -0.148. The van der Waals surface area contributed by atoms with Gasteiger partial charge in [-0.25, -0.2) is 0 Å². The van der Waals surface area contributed by atoms with Crippen LogP contribution in [0.1, 0.15) is 19.4 Å². The number of amides is 2. The number of esters is 1. The number of carbonyl (C=O) groups is 3. The molecule has 0 radical (unpaired) electrons. The van der Waals surface area contributed by atoms with E-state index in [2.05, 4.69) is 10.6 Å². The highest BCUT2D eigenvalue weighted by molar-refractivity contribution is 6.30. The number of methoxy groups -OCH3 is 1. The van der Waals surface area contributed by atoms with Gasteiger partial charge in [0.25, 0.3) is 5.91 Å². The number of hydrogen-bond donors (Lipinski definition) is 2. The molecule has 132 valence electrons. The Morgan fingerprint density at radius 1 is 1.21 bits per heavy atom. The normalized spacial score (nSPS) is 10.2. The first-order valence-corrected chi connectivity index (χ1v) is 7.73. The van der Waals surface area contributed by atoms with E-state index in [4.69, 9.17) is 21.1 Å². The third-order valence-corrected chi connectivity index (χ3v) is 3.07. The van der Waals surface area contributed by atoms with E-state index in [9.17, 15) is 14.4 Å². The lowest BCUT2D eigenvalue weighted by atomic mass is 10.1.